The summed E-state index contributed by atoms with van der Waals surface area (Å²) >= 11 is 5.52. The Morgan fingerprint density at radius 2 is 1.43 bits per heavy atom. The summed E-state index contributed by atoms with van der Waals surface area (Å²) in [7, 11) is 1.69. The predicted molar refractivity (Wildman–Crippen MR) is 58.1 cm³/mol. The van der Waals surface area contributed by atoms with Gasteiger partial charge in [0.05, 0.1) is 13.2 Å². The highest BCUT2D eigenvalue weighted by Gasteiger charge is 1.90. The highest BCUT2D eigenvalue weighted by Crippen LogP contribution is 1.92. The quantitative estimate of drug-likeness (QED) is 0.397. The van der Waals surface area contributed by atoms with Crippen LogP contribution < -0.4 is 0 Å². The van der Waals surface area contributed by atoms with Crippen molar-refractivity contribution in [3.63, 3.8) is 0 Å². The van der Waals surface area contributed by atoms with E-state index in [1.807, 2.05) is 0 Å². The molecule has 0 atom stereocenters. The Hall–Kier alpha value is 0.170. The van der Waals surface area contributed by atoms with Crippen molar-refractivity contribution in [1.82, 2.24) is 0 Å². The van der Waals surface area contributed by atoms with Crippen molar-refractivity contribution in [2.75, 3.05) is 46.0 Å². The molecule has 0 heterocycles. The van der Waals surface area contributed by atoms with Crippen molar-refractivity contribution in [2.45, 2.75) is 19.3 Å². The second kappa shape index (κ2) is 13.2. The Bertz CT molecular complexity index is 89.4. The SMILES string of the molecule is COCCCOCCOCCCCCl. The van der Waals surface area contributed by atoms with Gasteiger partial charge in [-0.2, -0.15) is 0 Å². The van der Waals surface area contributed by atoms with E-state index >= 15 is 0 Å². The first-order valence-electron chi connectivity index (χ1n) is 5.12. The average Bonchev–Trinajstić information content (AvgIpc) is 2.21. The maximum atomic E-state index is 5.52. The van der Waals surface area contributed by atoms with E-state index in [2.05, 4.69) is 0 Å². The fraction of sp³-hybridized carbons (Fsp3) is 1.00. The molecule has 0 rings (SSSR count). The van der Waals surface area contributed by atoms with Crippen LogP contribution in [-0.4, -0.2) is 46.0 Å². The summed E-state index contributed by atoms with van der Waals surface area (Å²) in [5.74, 6) is 0.719. The second-order valence-corrected chi connectivity index (χ2v) is 3.35. The van der Waals surface area contributed by atoms with Gasteiger partial charge in [-0.15, -0.1) is 11.6 Å². The first-order chi connectivity index (χ1) is 6.91. The highest BCUT2D eigenvalue weighted by atomic mass is 35.5. The normalized spacial score (nSPS) is 10.7. The molecule has 14 heavy (non-hydrogen) atoms. The maximum Gasteiger partial charge on any atom is 0.0700 e. The number of alkyl halides is 1. The zero-order valence-corrected chi connectivity index (χ0v) is 9.72. The van der Waals surface area contributed by atoms with Crippen LogP contribution in [-0.2, 0) is 14.2 Å². The van der Waals surface area contributed by atoms with E-state index in [0.29, 0.717) is 13.2 Å². The summed E-state index contributed by atoms with van der Waals surface area (Å²) in [4.78, 5) is 0. The summed E-state index contributed by atoms with van der Waals surface area (Å²) in [5, 5.41) is 0. The largest absolute Gasteiger partial charge is 0.385 e. The van der Waals surface area contributed by atoms with Gasteiger partial charge in [0.25, 0.3) is 0 Å². The summed E-state index contributed by atoms with van der Waals surface area (Å²) in [5.41, 5.74) is 0. The molecule has 0 radical (unpaired) electrons. The van der Waals surface area contributed by atoms with Crippen molar-refractivity contribution in [1.29, 1.82) is 0 Å². The van der Waals surface area contributed by atoms with E-state index in [4.69, 9.17) is 25.8 Å². The minimum Gasteiger partial charge on any atom is -0.385 e. The second-order valence-electron chi connectivity index (χ2n) is 2.97. The molecule has 0 aliphatic heterocycles. The molecule has 0 saturated heterocycles. The molecular weight excluding hydrogens is 204 g/mol. The fourth-order valence-corrected chi connectivity index (χ4v) is 1.11. The van der Waals surface area contributed by atoms with Gasteiger partial charge in [-0.1, -0.05) is 0 Å². The Kier molecular flexibility index (Phi) is 13.3. The lowest BCUT2D eigenvalue weighted by Crippen LogP contribution is -2.07. The van der Waals surface area contributed by atoms with E-state index in [-0.39, 0.29) is 0 Å². The first kappa shape index (κ1) is 14.2. The van der Waals surface area contributed by atoms with Gasteiger partial charge >= 0.3 is 0 Å². The van der Waals surface area contributed by atoms with E-state index in [9.17, 15) is 0 Å². The van der Waals surface area contributed by atoms with Gasteiger partial charge in [0.2, 0.25) is 0 Å². The van der Waals surface area contributed by atoms with E-state index in [1.165, 1.54) is 0 Å². The number of rotatable bonds is 11. The maximum absolute atomic E-state index is 5.52. The fourth-order valence-electron chi connectivity index (χ4n) is 0.926. The van der Waals surface area contributed by atoms with Crippen LogP contribution in [0.25, 0.3) is 0 Å². The highest BCUT2D eigenvalue weighted by molar-refractivity contribution is 6.17. The molecule has 4 heteroatoms. The molecule has 0 amide bonds. The van der Waals surface area contributed by atoms with Gasteiger partial charge in [0.15, 0.2) is 0 Å². The Morgan fingerprint density at radius 1 is 0.786 bits per heavy atom. The summed E-state index contributed by atoms with van der Waals surface area (Å²) in [6.45, 7) is 3.64. The summed E-state index contributed by atoms with van der Waals surface area (Å²) in [6, 6.07) is 0. The average molecular weight is 225 g/mol. The lowest BCUT2D eigenvalue weighted by molar-refractivity contribution is 0.0391. The summed E-state index contributed by atoms with van der Waals surface area (Å²) < 4.78 is 15.5. The molecule has 0 aliphatic rings. The van der Waals surface area contributed by atoms with Crippen molar-refractivity contribution in [3.8, 4) is 0 Å². The van der Waals surface area contributed by atoms with Crippen molar-refractivity contribution < 1.29 is 14.2 Å². The third-order valence-electron chi connectivity index (χ3n) is 1.68. The van der Waals surface area contributed by atoms with E-state index in [0.717, 1.165) is 45.0 Å². The molecule has 3 nitrogen and oxygen atoms in total. The van der Waals surface area contributed by atoms with Crippen LogP contribution in [0.4, 0.5) is 0 Å². The van der Waals surface area contributed by atoms with Crippen LogP contribution in [0, 0.1) is 0 Å². The molecule has 0 bridgehead atoms. The molecular formula is C10H21ClO3. The van der Waals surface area contributed by atoms with Crippen LogP contribution >= 0.6 is 11.6 Å². The molecule has 86 valence electrons. The minimum absolute atomic E-state index is 0.671. The lowest BCUT2D eigenvalue weighted by atomic mass is 10.4. The molecule has 0 aromatic rings. The molecule has 0 saturated carbocycles. The Morgan fingerprint density at radius 3 is 2.00 bits per heavy atom. The minimum atomic E-state index is 0.671. The van der Waals surface area contributed by atoms with Crippen LogP contribution in [0.2, 0.25) is 0 Å². The van der Waals surface area contributed by atoms with Gasteiger partial charge < -0.3 is 14.2 Å². The van der Waals surface area contributed by atoms with Crippen LogP contribution in [0.15, 0.2) is 0 Å². The number of hydrogen-bond acceptors (Lipinski definition) is 3. The topological polar surface area (TPSA) is 27.7 Å². The molecule has 0 aliphatic carbocycles. The molecule has 0 unspecified atom stereocenters. The van der Waals surface area contributed by atoms with Gasteiger partial charge in [-0.3, -0.25) is 0 Å². The lowest BCUT2D eigenvalue weighted by Gasteiger charge is -2.04. The van der Waals surface area contributed by atoms with Crippen molar-refractivity contribution in [2.24, 2.45) is 0 Å². The molecule has 0 fully saturated rings. The monoisotopic (exact) mass is 224 g/mol. The van der Waals surface area contributed by atoms with Gasteiger partial charge in [0.1, 0.15) is 0 Å². The number of hydrogen-bond donors (Lipinski definition) is 0. The van der Waals surface area contributed by atoms with Gasteiger partial charge in [-0.05, 0) is 19.3 Å². The molecule has 0 aromatic carbocycles. The van der Waals surface area contributed by atoms with Crippen molar-refractivity contribution >= 4 is 11.6 Å². The van der Waals surface area contributed by atoms with E-state index < -0.39 is 0 Å². The Balaban J connectivity index is 2.78. The number of methoxy groups -OCH3 is 1. The zero-order chi connectivity index (χ0) is 10.5. The number of unbranched alkanes of at least 4 members (excludes halogenated alkanes) is 1. The zero-order valence-electron chi connectivity index (χ0n) is 8.97. The standard InChI is InChI=1S/C10H21ClO3/c1-12-6-4-8-14-10-9-13-7-3-2-5-11/h2-10H2,1H3. The van der Waals surface area contributed by atoms with Crippen molar-refractivity contribution in [3.05, 3.63) is 0 Å². The molecule has 0 aromatic heterocycles. The van der Waals surface area contributed by atoms with E-state index in [1.54, 1.807) is 7.11 Å². The molecule has 0 spiro atoms. The Labute approximate surface area is 91.7 Å². The molecule has 0 N–H and O–H groups in total. The third kappa shape index (κ3) is 12.2. The predicted octanol–water partition coefficient (Wildman–Crippen LogP) is 2.08. The van der Waals surface area contributed by atoms with Crippen LogP contribution in [0.1, 0.15) is 19.3 Å². The van der Waals surface area contributed by atoms with Crippen LogP contribution in [0.5, 0.6) is 0 Å². The number of ether oxygens (including phenoxy) is 3. The number of halogens is 1. The van der Waals surface area contributed by atoms with Gasteiger partial charge in [-0.25, -0.2) is 0 Å². The van der Waals surface area contributed by atoms with Gasteiger partial charge in [0, 0.05) is 32.8 Å². The van der Waals surface area contributed by atoms with Crippen LogP contribution in [0.3, 0.4) is 0 Å². The smallest absolute Gasteiger partial charge is 0.0700 e. The summed E-state index contributed by atoms with van der Waals surface area (Å²) in [6.07, 6.45) is 3.01. The first-order valence-corrected chi connectivity index (χ1v) is 5.65. The third-order valence-corrected chi connectivity index (χ3v) is 1.95.